The molecule has 0 aliphatic carbocycles. The van der Waals surface area contributed by atoms with E-state index in [1.165, 1.54) is 14.2 Å². The third kappa shape index (κ3) is 3.75. The van der Waals surface area contributed by atoms with Crippen molar-refractivity contribution in [2.75, 3.05) is 14.2 Å². The standard InChI is InChI=1S/C18H30B2O8/c1-15(2)16(3,4)26-19(25-15)11(13(21)23-9)12(14(22)24-10)20-27-17(5,6)18(7,8)28-20/h1-10H3/b12-11+. The molecule has 0 spiro atoms. The molecule has 8 nitrogen and oxygen atoms in total. The van der Waals surface area contributed by atoms with Crippen molar-refractivity contribution in [2.45, 2.75) is 77.8 Å². The van der Waals surface area contributed by atoms with Gasteiger partial charge in [0.15, 0.2) is 0 Å². The molecule has 0 saturated carbocycles. The largest absolute Gasteiger partial charge is 0.502 e. The molecule has 10 heteroatoms. The molecule has 0 aromatic heterocycles. The molecule has 0 aromatic rings. The second-order valence-electron chi connectivity index (χ2n) is 8.99. The van der Waals surface area contributed by atoms with E-state index in [-0.39, 0.29) is 10.9 Å². The van der Waals surface area contributed by atoms with Crippen molar-refractivity contribution < 1.29 is 37.7 Å². The smallest absolute Gasteiger partial charge is 0.466 e. The number of hydrogen-bond donors (Lipinski definition) is 0. The fourth-order valence-electron chi connectivity index (χ4n) is 2.81. The quantitative estimate of drug-likeness (QED) is 0.405. The summed E-state index contributed by atoms with van der Waals surface area (Å²) >= 11 is 0. The van der Waals surface area contributed by atoms with E-state index in [2.05, 4.69) is 0 Å². The van der Waals surface area contributed by atoms with Crippen molar-refractivity contribution in [3.63, 3.8) is 0 Å². The van der Waals surface area contributed by atoms with Crippen LogP contribution in [0.25, 0.3) is 0 Å². The maximum atomic E-state index is 12.7. The molecular formula is C18H30B2O8. The van der Waals surface area contributed by atoms with Gasteiger partial charge in [-0.25, -0.2) is 9.59 Å². The Morgan fingerprint density at radius 2 is 0.786 bits per heavy atom. The summed E-state index contributed by atoms with van der Waals surface area (Å²) in [5, 5.41) is 0. The molecule has 0 aromatic carbocycles. The molecule has 2 aliphatic rings. The summed E-state index contributed by atoms with van der Waals surface area (Å²) in [7, 11) is 0.135. The lowest BCUT2D eigenvalue weighted by Gasteiger charge is -2.32. The van der Waals surface area contributed by atoms with Crippen molar-refractivity contribution in [1.29, 1.82) is 0 Å². The summed E-state index contributed by atoms with van der Waals surface area (Å²) in [6.07, 6.45) is 0. The Labute approximate surface area is 167 Å². The Hall–Kier alpha value is -1.35. The first kappa shape index (κ1) is 22.9. The second kappa shape index (κ2) is 7.16. The molecule has 2 fully saturated rings. The number of hydrogen-bond acceptors (Lipinski definition) is 8. The van der Waals surface area contributed by atoms with Crippen LogP contribution >= 0.6 is 0 Å². The first-order chi connectivity index (χ1) is 12.6. The normalized spacial score (nSPS) is 25.4. The minimum Gasteiger partial charge on any atom is -0.466 e. The maximum Gasteiger partial charge on any atom is 0.502 e. The van der Waals surface area contributed by atoms with Gasteiger partial charge in [0.2, 0.25) is 0 Å². The third-order valence-electron chi connectivity index (χ3n) is 6.08. The maximum absolute atomic E-state index is 12.7. The van der Waals surface area contributed by atoms with E-state index in [0.717, 1.165) is 0 Å². The van der Waals surface area contributed by atoms with Crippen LogP contribution in [0.1, 0.15) is 55.4 Å². The zero-order valence-corrected chi connectivity index (χ0v) is 18.4. The first-order valence-electron chi connectivity index (χ1n) is 9.22. The summed E-state index contributed by atoms with van der Waals surface area (Å²) in [4.78, 5) is 25.4. The molecule has 28 heavy (non-hydrogen) atoms. The summed E-state index contributed by atoms with van der Waals surface area (Å²) in [6.45, 7) is 14.7. The number of esters is 2. The average molecular weight is 396 g/mol. The predicted octanol–water partition coefficient (Wildman–Crippen LogP) is 1.89. The van der Waals surface area contributed by atoms with E-state index in [0.29, 0.717) is 0 Å². The minimum atomic E-state index is -1.15. The van der Waals surface area contributed by atoms with Gasteiger partial charge in [0.1, 0.15) is 0 Å². The highest BCUT2D eigenvalue weighted by molar-refractivity contribution is 6.71. The molecule has 0 amide bonds. The van der Waals surface area contributed by atoms with Crippen LogP contribution in [0, 0.1) is 0 Å². The van der Waals surface area contributed by atoms with Gasteiger partial charge in [-0.1, -0.05) is 0 Å². The van der Waals surface area contributed by atoms with Crippen molar-refractivity contribution in [3.05, 3.63) is 10.9 Å². The van der Waals surface area contributed by atoms with Crippen LogP contribution in [0.5, 0.6) is 0 Å². The summed E-state index contributed by atoms with van der Waals surface area (Å²) in [6, 6.07) is 0. The lowest BCUT2D eigenvalue weighted by molar-refractivity contribution is -0.138. The Balaban J connectivity index is 2.63. The molecule has 0 radical (unpaired) electrons. The Kier molecular flexibility index (Phi) is 5.87. The zero-order valence-electron chi connectivity index (χ0n) is 18.4. The molecule has 2 rings (SSSR count). The van der Waals surface area contributed by atoms with Gasteiger partial charge >= 0.3 is 26.2 Å². The van der Waals surface area contributed by atoms with Crippen molar-refractivity contribution in [2.24, 2.45) is 0 Å². The zero-order chi connectivity index (χ0) is 21.7. The number of carbonyl (C=O) groups excluding carboxylic acids is 2. The first-order valence-corrected chi connectivity index (χ1v) is 9.22. The highest BCUT2D eigenvalue weighted by Crippen LogP contribution is 2.42. The van der Waals surface area contributed by atoms with Gasteiger partial charge in [-0.15, -0.1) is 0 Å². The average Bonchev–Trinajstić information content (AvgIpc) is 2.90. The predicted molar refractivity (Wildman–Crippen MR) is 103 cm³/mol. The molecule has 0 unspecified atom stereocenters. The third-order valence-corrected chi connectivity index (χ3v) is 6.08. The van der Waals surface area contributed by atoms with E-state index in [1.54, 1.807) is 0 Å². The van der Waals surface area contributed by atoms with Gasteiger partial charge in [0.05, 0.1) is 47.6 Å². The van der Waals surface area contributed by atoms with Crippen LogP contribution in [0.3, 0.4) is 0 Å². The van der Waals surface area contributed by atoms with E-state index >= 15 is 0 Å². The summed E-state index contributed by atoms with van der Waals surface area (Å²) in [5.41, 5.74) is -3.18. The van der Waals surface area contributed by atoms with Crippen LogP contribution < -0.4 is 0 Å². The number of ether oxygens (including phenoxy) is 2. The van der Waals surface area contributed by atoms with Gasteiger partial charge in [0, 0.05) is 0 Å². The number of methoxy groups -OCH3 is 2. The SMILES string of the molecule is COC(=O)/C(B1OC(C)(C)C(C)(C)O1)=C(\B1OC(C)(C)C(C)(C)O1)C(=O)OC. The van der Waals surface area contributed by atoms with Gasteiger partial charge in [-0.2, -0.15) is 0 Å². The molecule has 156 valence electrons. The van der Waals surface area contributed by atoms with Crippen molar-refractivity contribution >= 4 is 26.2 Å². The Bertz CT molecular complexity index is 606. The monoisotopic (exact) mass is 396 g/mol. The lowest BCUT2D eigenvalue weighted by Crippen LogP contribution is -2.41. The molecule has 2 aliphatic heterocycles. The van der Waals surface area contributed by atoms with Crippen molar-refractivity contribution in [3.8, 4) is 0 Å². The van der Waals surface area contributed by atoms with Gasteiger partial charge in [-0.05, 0) is 55.4 Å². The molecule has 2 heterocycles. The number of carbonyl (C=O) groups is 2. The van der Waals surface area contributed by atoms with Gasteiger partial charge < -0.3 is 28.1 Å². The van der Waals surface area contributed by atoms with E-state index < -0.39 is 48.6 Å². The van der Waals surface area contributed by atoms with Crippen LogP contribution in [-0.4, -0.2) is 62.8 Å². The van der Waals surface area contributed by atoms with Crippen molar-refractivity contribution in [1.82, 2.24) is 0 Å². The Morgan fingerprint density at radius 3 is 0.964 bits per heavy atom. The van der Waals surface area contributed by atoms with Gasteiger partial charge in [-0.3, -0.25) is 0 Å². The lowest BCUT2D eigenvalue weighted by atomic mass is 9.64. The highest BCUT2D eigenvalue weighted by atomic mass is 16.7. The summed E-state index contributed by atoms with van der Waals surface area (Å²) in [5.74, 6) is -1.57. The minimum absolute atomic E-state index is 0.133. The van der Waals surface area contributed by atoms with Gasteiger partial charge in [0.25, 0.3) is 0 Å². The van der Waals surface area contributed by atoms with Crippen LogP contribution in [0.2, 0.25) is 0 Å². The van der Waals surface area contributed by atoms with E-state index in [4.69, 9.17) is 28.1 Å². The Morgan fingerprint density at radius 1 is 0.571 bits per heavy atom. The topological polar surface area (TPSA) is 89.5 Å². The highest BCUT2D eigenvalue weighted by Gasteiger charge is 2.59. The van der Waals surface area contributed by atoms with Crippen LogP contribution in [0.4, 0.5) is 0 Å². The number of rotatable bonds is 4. The van der Waals surface area contributed by atoms with Crippen LogP contribution in [0.15, 0.2) is 10.9 Å². The molecule has 2 saturated heterocycles. The molecule has 0 atom stereocenters. The van der Waals surface area contributed by atoms with Crippen LogP contribution in [-0.2, 0) is 37.7 Å². The van der Waals surface area contributed by atoms with E-state index in [9.17, 15) is 9.59 Å². The fraction of sp³-hybridized carbons (Fsp3) is 0.778. The molecular weight excluding hydrogens is 366 g/mol. The molecule has 0 bridgehead atoms. The fourth-order valence-corrected chi connectivity index (χ4v) is 2.81. The summed E-state index contributed by atoms with van der Waals surface area (Å²) < 4.78 is 33.8. The van der Waals surface area contributed by atoms with E-state index in [1.807, 2.05) is 55.4 Å². The second-order valence-corrected chi connectivity index (χ2v) is 8.99. The molecule has 0 N–H and O–H groups in total.